The third kappa shape index (κ3) is 3.92. The number of aliphatic imine (C=N–C) groups is 1. The number of hydrogen-bond acceptors (Lipinski definition) is 5. The van der Waals surface area contributed by atoms with Crippen LogP contribution >= 0.6 is 0 Å². The van der Waals surface area contributed by atoms with E-state index in [2.05, 4.69) is 4.99 Å². The van der Waals surface area contributed by atoms with E-state index in [0.29, 0.717) is 18.6 Å². The van der Waals surface area contributed by atoms with Gasteiger partial charge in [0.25, 0.3) is 5.56 Å². The summed E-state index contributed by atoms with van der Waals surface area (Å²) in [5, 5.41) is 19.7. The number of benzene rings is 1. The van der Waals surface area contributed by atoms with Crippen LogP contribution in [0.2, 0.25) is 0 Å². The molecular formula is C18H18FN3O3. The fourth-order valence-electron chi connectivity index (χ4n) is 2.39. The van der Waals surface area contributed by atoms with Crippen molar-refractivity contribution >= 4 is 11.9 Å². The van der Waals surface area contributed by atoms with Crippen LogP contribution in [0.3, 0.4) is 0 Å². The number of rotatable bonds is 6. The largest absolute Gasteiger partial charge is 0.494 e. The zero-order valence-corrected chi connectivity index (χ0v) is 14.0. The van der Waals surface area contributed by atoms with Crippen molar-refractivity contribution in [3.8, 4) is 11.9 Å². The monoisotopic (exact) mass is 343 g/mol. The fraction of sp³-hybridized carbons (Fsp3) is 0.278. The molecule has 130 valence electrons. The Hall–Kier alpha value is -2.98. The van der Waals surface area contributed by atoms with Gasteiger partial charge in [-0.05, 0) is 31.0 Å². The Labute approximate surface area is 144 Å². The third-order valence-corrected chi connectivity index (χ3v) is 3.76. The summed E-state index contributed by atoms with van der Waals surface area (Å²) in [6.45, 7) is 2.14. The van der Waals surface area contributed by atoms with Crippen molar-refractivity contribution < 1.29 is 14.2 Å². The quantitative estimate of drug-likeness (QED) is 0.645. The smallest absolute Gasteiger partial charge is 0.271 e. The number of aromatic hydroxyl groups is 1. The van der Waals surface area contributed by atoms with Crippen molar-refractivity contribution in [3.05, 3.63) is 57.1 Å². The molecule has 6 nitrogen and oxygen atoms in total. The van der Waals surface area contributed by atoms with E-state index in [4.69, 9.17) is 4.74 Å². The predicted octanol–water partition coefficient (Wildman–Crippen LogP) is 2.66. The molecule has 0 radical (unpaired) electrons. The van der Waals surface area contributed by atoms with Crippen molar-refractivity contribution in [2.45, 2.75) is 19.9 Å². The molecule has 0 saturated carbocycles. The Kier molecular flexibility index (Phi) is 6.03. The van der Waals surface area contributed by atoms with Crippen LogP contribution in [0.4, 0.5) is 10.1 Å². The Morgan fingerprint density at radius 2 is 2.16 bits per heavy atom. The van der Waals surface area contributed by atoms with Gasteiger partial charge in [-0.15, -0.1) is 0 Å². The molecule has 1 heterocycles. The lowest BCUT2D eigenvalue weighted by atomic mass is 10.1. The Bertz CT molecular complexity index is 898. The molecule has 7 heteroatoms. The first-order chi connectivity index (χ1) is 12.0. The van der Waals surface area contributed by atoms with Crippen LogP contribution in [0, 0.1) is 24.1 Å². The molecule has 0 bridgehead atoms. The normalized spacial score (nSPS) is 11.0. The molecule has 0 unspecified atom stereocenters. The molecule has 2 rings (SSSR count). The van der Waals surface area contributed by atoms with E-state index in [1.807, 2.05) is 6.07 Å². The molecule has 0 aliphatic carbocycles. The number of pyridine rings is 1. The van der Waals surface area contributed by atoms with Crippen LogP contribution in [0.15, 0.2) is 34.1 Å². The maximum atomic E-state index is 13.7. The second-order valence-corrected chi connectivity index (χ2v) is 5.36. The zero-order chi connectivity index (χ0) is 18.4. The summed E-state index contributed by atoms with van der Waals surface area (Å²) in [7, 11) is 1.53. The van der Waals surface area contributed by atoms with E-state index in [1.54, 1.807) is 19.1 Å². The molecule has 0 amide bonds. The summed E-state index contributed by atoms with van der Waals surface area (Å²) in [5.41, 5.74) is -0.0521. The molecule has 0 fully saturated rings. The third-order valence-electron chi connectivity index (χ3n) is 3.76. The number of ether oxygens (including phenoxy) is 1. The lowest BCUT2D eigenvalue weighted by molar-refractivity contribution is 0.188. The SMILES string of the molecule is COCCCn1c(O)c(C=Nc2ccccc2F)c(C)c(C#N)c1=O. The van der Waals surface area contributed by atoms with E-state index in [0.717, 1.165) is 4.57 Å². The second-order valence-electron chi connectivity index (χ2n) is 5.36. The van der Waals surface area contributed by atoms with Gasteiger partial charge in [0.1, 0.15) is 17.4 Å². The molecule has 25 heavy (non-hydrogen) atoms. The number of para-hydroxylation sites is 1. The summed E-state index contributed by atoms with van der Waals surface area (Å²) in [5.74, 6) is -0.817. The van der Waals surface area contributed by atoms with Crippen LogP contribution in [-0.2, 0) is 11.3 Å². The Morgan fingerprint density at radius 3 is 2.80 bits per heavy atom. The molecule has 0 aliphatic heterocycles. The molecule has 1 N–H and O–H groups in total. The number of nitrogens with zero attached hydrogens (tertiary/aromatic N) is 3. The highest BCUT2D eigenvalue weighted by atomic mass is 19.1. The van der Waals surface area contributed by atoms with Gasteiger partial charge in [-0.1, -0.05) is 12.1 Å². The van der Waals surface area contributed by atoms with E-state index < -0.39 is 11.4 Å². The number of methoxy groups -OCH3 is 1. The van der Waals surface area contributed by atoms with Gasteiger partial charge in [-0.2, -0.15) is 5.26 Å². The summed E-state index contributed by atoms with van der Waals surface area (Å²) in [6, 6.07) is 7.79. The molecule has 0 aliphatic rings. The number of halogens is 1. The number of aromatic nitrogens is 1. The minimum absolute atomic E-state index is 0.0785. The minimum atomic E-state index is -0.573. The second kappa shape index (κ2) is 8.22. The van der Waals surface area contributed by atoms with Crippen molar-refractivity contribution in [1.29, 1.82) is 5.26 Å². The maximum Gasteiger partial charge on any atom is 0.271 e. The highest BCUT2D eigenvalue weighted by Crippen LogP contribution is 2.22. The molecular weight excluding hydrogens is 325 g/mol. The molecule has 1 aromatic carbocycles. The first-order valence-electron chi connectivity index (χ1n) is 7.65. The Morgan fingerprint density at radius 1 is 1.44 bits per heavy atom. The van der Waals surface area contributed by atoms with Gasteiger partial charge in [0.15, 0.2) is 0 Å². The van der Waals surface area contributed by atoms with Gasteiger partial charge in [-0.25, -0.2) is 4.39 Å². The van der Waals surface area contributed by atoms with Crippen molar-refractivity contribution in [2.24, 2.45) is 4.99 Å². The van der Waals surface area contributed by atoms with E-state index in [9.17, 15) is 19.6 Å². The van der Waals surface area contributed by atoms with Crippen LogP contribution in [-0.4, -0.2) is 29.6 Å². The van der Waals surface area contributed by atoms with Gasteiger partial charge >= 0.3 is 0 Å². The highest BCUT2D eigenvalue weighted by Gasteiger charge is 2.17. The van der Waals surface area contributed by atoms with E-state index in [-0.39, 0.29) is 29.2 Å². The van der Waals surface area contributed by atoms with Gasteiger partial charge in [-0.3, -0.25) is 14.4 Å². The van der Waals surface area contributed by atoms with Crippen LogP contribution in [0.5, 0.6) is 5.88 Å². The fourth-order valence-corrected chi connectivity index (χ4v) is 2.39. The van der Waals surface area contributed by atoms with Crippen LogP contribution < -0.4 is 5.56 Å². The first-order valence-corrected chi connectivity index (χ1v) is 7.65. The molecule has 0 saturated heterocycles. The Balaban J connectivity index is 2.53. The first kappa shape index (κ1) is 18.4. The van der Waals surface area contributed by atoms with Gasteiger partial charge in [0.2, 0.25) is 5.88 Å². The minimum Gasteiger partial charge on any atom is -0.494 e. The molecule has 0 atom stereocenters. The summed E-state index contributed by atoms with van der Waals surface area (Å²) in [4.78, 5) is 16.4. The lowest BCUT2D eigenvalue weighted by Gasteiger charge is -2.13. The van der Waals surface area contributed by atoms with Gasteiger partial charge < -0.3 is 9.84 Å². The van der Waals surface area contributed by atoms with Crippen molar-refractivity contribution in [1.82, 2.24) is 4.57 Å². The maximum absolute atomic E-state index is 13.7. The van der Waals surface area contributed by atoms with Gasteiger partial charge in [0, 0.05) is 26.5 Å². The number of nitriles is 1. The standard InChI is InChI=1S/C18H18FN3O3/c1-12-13(10-20)17(23)22(8-5-9-25-2)18(24)14(12)11-21-16-7-4-3-6-15(16)19/h3-4,6-7,11,24H,5,8-9H2,1-2H3. The average Bonchev–Trinajstić information content (AvgIpc) is 2.59. The van der Waals surface area contributed by atoms with Gasteiger partial charge in [0.05, 0.1) is 11.3 Å². The van der Waals surface area contributed by atoms with Crippen molar-refractivity contribution in [2.75, 3.05) is 13.7 Å². The molecule has 2 aromatic rings. The average molecular weight is 343 g/mol. The zero-order valence-electron chi connectivity index (χ0n) is 14.0. The summed E-state index contributed by atoms with van der Waals surface area (Å²) in [6.07, 6.45) is 1.75. The predicted molar refractivity (Wildman–Crippen MR) is 92.0 cm³/mol. The number of hydrogen-bond donors (Lipinski definition) is 1. The molecule has 1 aromatic heterocycles. The van der Waals surface area contributed by atoms with Crippen LogP contribution in [0.1, 0.15) is 23.1 Å². The lowest BCUT2D eigenvalue weighted by Crippen LogP contribution is -2.26. The molecule has 0 spiro atoms. The summed E-state index contributed by atoms with van der Waals surface area (Å²) < 4.78 is 19.7. The van der Waals surface area contributed by atoms with Crippen molar-refractivity contribution in [3.63, 3.8) is 0 Å². The van der Waals surface area contributed by atoms with E-state index in [1.165, 1.54) is 25.5 Å². The van der Waals surface area contributed by atoms with E-state index >= 15 is 0 Å². The highest BCUT2D eigenvalue weighted by molar-refractivity contribution is 5.87. The summed E-state index contributed by atoms with van der Waals surface area (Å²) >= 11 is 0. The van der Waals surface area contributed by atoms with Crippen LogP contribution in [0.25, 0.3) is 0 Å². The topological polar surface area (TPSA) is 87.6 Å².